The molecule has 1 aliphatic heterocycles. The van der Waals surface area contributed by atoms with Crippen molar-refractivity contribution in [3.8, 4) is 0 Å². The van der Waals surface area contributed by atoms with Gasteiger partial charge in [0.05, 0.1) is 13.2 Å². The minimum absolute atomic E-state index is 0.0153. The van der Waals surface area contributed by atoms with E-state index in [1.54, 1.807) is 0 Å². The summed E-state index contributed by atoms with van der Waals surface area (Å²) in [6.07, 6.45) is 2.17. The summed E-state index contributed by atoms with van der Waals surface area (Å²) in [7, 11) is 0. The summed E-state index contributed by atoms with van der Waals surface area (Å²) in [5.74, 6) is 0.383. The van der Waals surface area contributed by atoms with E-state index in [1.807, 2.05) is 13.8 Å². The molecule has 2 N–H and O–H groups in total. The highest BCUT2D eigenvalue weighted by atomic mass is 16.5. The second-order valence-electron chi connectivity index (χ2n) is 7.18. The van der Waals surface area contributed by atoms with Crippen molar-refractivity contribution in [2.24, 2.45) is 5.92 Å². The third-order valence-corrected chi connectivity index (χ3v) is 5.60. The normalized spacial score (nSPS) is 16.7. The Bertz CT molecular complexity index is 628. The molecule has 146 valence electrons. The number of nitrogens with one attached hydrogen (secondary N) is 2. The van der Waals surface area contributed by atoms with Crippen molar-refractivity contribution >= 4 is 11.7 Å². The van der Waals surface area contributed by atoms with E-state index >= 15 is 0 Å². The van der Waals surface area contributed by atoms with Gasteiger partial charge in [0.2, 0.25) is 0 Å². The van der Waals surface area contributed by atoms with E-state index in [1.165, 1.54) is 6.92 Å². The van der Waals surface area contributed by atoms with E-state index in [0.717, 1.165) is 50.4 Å². The van der Waals surface area contributed by atoms with Crippen molar-refractivity contribution in [1.82, 2.24) is 15.2 Å². The molecule has 0 saturated carbocycles. The van der Waals surface area contributed by atoms with Crippen molar-refractivity contribution in [2.75, 3.05) is 32.8 Å². The lowest BCUT2D eigenvalue weighted by atomic mass is 9.92. The second kappa shape index (κ2) is 9.33. The molecule has 6 heteroatoms. The quantitative estimate of drug-likeness (QED) is 0.697. The Morgan fingerprint density at radius 1 is 1.19 bits per heavy atom. The van der Waals surface area contributed by atoms with Gasteiger partial charge in [-0.15, -0.1) is 0 Å². The number of carbonyl (C=O) groups excluding carboxylic acids is 2. The molecule has 0 aromatic carbocycles. The Kier molecular flexibility index (Phi) is 7.41. The van der Waals surface area contributed by atoms with Crippen molar-refractivity contribution in [3.05, 3.63) is 22.5 Å². The molecule has 1 fully saturated rings. The zero-order chi connectivity index (χ0) is 19.3. The molecule has 0 aliphatic carbocycles. The Morgan fingerprint density at radius 2 is 1.81 bits per heavy atom. The highest BCUT2D eigenvalue weighted by molar-refractivity contribution is 6.02. The SMILES string of the molecule is CCC(CC)C(CNC(=O)c1[nH]c(C)c(C(C)=O)c1C)N1CCOCC1. The van der Waals surface area contributed by atoms with Gasteiger partial charge in [-0.1, -0.05) is 26.7 Å². The van der Waals surface area contributed by atoms with Crippen molar-refractivity contribution in [1.29, 1.82) is 0 Å². The molecule has 0 radical (unpaired) electrons. The Labute approximate surface area is 156 Å². The zero-order valence-electron chi connectivity index (χ0n) is 16.8. The Balaban J connectivity index is 2.11. The minimum atomic E-state index is -0.137. The van der Waals surface area contributed by atoms with E-state index in [-0.39, 0.29) is 11.7 Å². The van der Waals surface area contributed by atoms with Gasteiger partial charge in [0, 0.05) is 36.9 Å². The summed E-state index contributed by atoms with van der Waals surface area (Å²) in [6.45, 7) is 13.5. The number of hydrogen-bond acceptors (Lipinski definition) is 4. The molecule has 2 heterocycles. The number of amides is 1. The maximum absolute atomic E-state index is 12.7. The molecule has 26 heavy (non-hydrogen) atoms. The summed E-state index contributed by atoms with van der Waals surface area (Å²) in [6, 6.07) is 0.307. The van der Waals surface area contributed by atoms with Gasteiger partial charge in [-0.2, -0.15) is 0 Å². The topological polar surface area (TPSA) is 74.4 Å². The predicted octanol–water partition coefficient (Wildman–Crippen LogP) is 2.70. The van der Waals surface area contributed by atoms with Crippen LogP contribution in [0.2, 0.25) is 0 Å². The number of Topliss-reactive ketones (excluding diaryl/α,β-unsaturated/α-hetero) is 1. The van der Waals surface area contributed by atoms with E-state index in [0.29, 0.717) is 29.8 Å². The van der Waals surface area contributed by atoms with E-state index in [2.05, 4.69) is 29.0 Å². The fraction of sp³-hybridized carbons (Fsp3) is 0.700. The largest absolute Gasteiger partial charge is 0.379 e. The average molecular weight is 364 g/mol. The van der Waals surface area contributed by atoms with Crippen LogP contribution in [0.1, 0.15) is 65.7 Å². The fourth-order valence-electron chi connectivity index (χ4n) is 4.13. The van der Waals surface area contributed by atoms with Gasteiger partial charge in [0.25, 0.3) is 5.91 Å². The lowest BCUT2D eigenvalue weighted by molar-refractivity contribution is 0.00190. The first kappa shape index (κ1) is 20.6. The molecule has 0 bridgehead atoms. The van der Waals surface area contributed by atoms with Gasteiger partial charge in [0.1, 0.15) is 5.69 Å². The second-order valence-corrected chi connectivity index (χ2v) is 7.18. The molecular weight excluding hydrogens is 330 g/mol. The maximum Gasteiger partial charge on any atom is 0.268 e. The summed E-state index contributed by atoms with van der Waals surface area (Å²) in [4.78, 5) is 30.1. The molecule has 0 spiro atoms. The standard InChI is InChI=1S/C20H33N3O3/c1-6-16(7-2)17(23-8-10-26-11-9-23)12-21-20(25)19-13(3)18(15(5)24)14(4)22-19/h16-17,22H,6-12H2,1-5H3,(H,21,25). The smallest absolute Gasteiger partial charge is 0.268 e. The van der Waals surface area contributed by atoms with Crippen LogP contribution in [0.25, 0.3) is 0 Å². The molecule has 6 nitrogen and oxygen atoms in total. The average Bonchev–Trinajstić information content (AvgIpc) is 2.93. The van der Waals surface area contributed by atoms with Gasteiger partial charge in [-0.3, -0.25) is 14.5 Å². The zero-order valence-corrected chi connectivity index (χ0v) is 16.8. The number of carbonyl (C=O) groups is 2. The van der Waals surface area contributed by atoms with Crippen LogP contribution >= 0.6 is 0 Å². The number of morpholine rings is 1. The molecular formula is C20H33N3O3. The van der Waals surface area contributed by atoms with E-state index < -0.39 is 0 Å². The number of aromatic amines is 1. The maximum atomic E-state index is 12.7. The number of ketones is 1. The third-order valence-electron chi connectivity index (χ3n) is 5.60. The molecule has 1 aliphatic rings. The first-order valence-corrected chi connectivity index (χ1v) is 9.70. The lowest BCUT2D eigenvalue weighted by Crippen LogP contribution is -2.52. The van der Waals surface area contributed by atoms with Crippen LogP contribution in [-0.2, 0) is 4.74 Å². The number of hydrogen-bond donors (Lipinski definition) is 2. The lowest BCUT2D eigenvalue weighted by Gasteiger charge is -2.38. The van der Waals surface area contributed by atoms with Gasteiger partial charge >= 0.3 is 0 Å². The number of rotatable bonds is 8. The van der Waals surface area contributed by atoms with Crippen molar-refractivity contribution in [2.45, 2.75) is 53.5 Å². The first-order valence-electron chi connectivity index (χ1n) is 9.70. The van der Waals surface area contributed by atoms with E-state index in [4.69, 9.17) is 4.74 Å². The van der Waals surface area contributed by atoms with Crippen molar-refractivity contribution < 1.29 is 14.3 Å². The summed E-state index contributed by atoms with van der Waals surface area (Å²) < 4.78 is 5.48. The molecule has 1 aromatic rings. The summed E-state index contributed by atoms with van der Waals surface area (Å²) in [5.41, 5.74) is 2.61. The van der Waals surface area contributed by atoms with Crippen LogP contribution in [0.3, 0.4) is 0 Å². The first-order chi connectivity index (χ1) is 12.4. The monoisotopic (exact) mass is 363 g/mol. The highest BCUT2D eigenvalue weighted by Gasteiger charge is 2.28. The molecule has 1 aromatic heterocycles. The third kappa shape index (κ3) is 4.54. The van der Waals surface area contributed by atoms with Crippen LogP contribution in [0, 0.1) is 19.8 Å². The highest BCUT2D eigenvalue weighted by Crippen LogP contribution is 2.21. The Hall–Kier alpha value is -1.66. The van der Waals surface area contributed by atoms with Gasteiger partial charge < -0.3 is 15.0 Å². The number of ether oxygens (including phenoxy) is 1. The predicted molar refractivity (Wildman–Crippen MR) is 103 cm³/mol. The van der Waals surface area contributed by atoms with E-state index in [9.17, 15) is 9.59 Å². The Morgan fingerprint density at radius 3 is 2.31 bits per heavy atom. The van der Waals surface area contributed by atoms with Gasteiger partial charge in [-0.25, -0.2) is 0 Å². The van der Waals surface area contributed by atoms with Crippen LogP contribution in [-0.4, -0.2) is 60.5 Å². The van der Waals surface area contributed by atoms with Gasteiger partial charge in [-0.05, 0) is 32.3 Å². The number of aryl methyl sites for hydroxylation is 1. The van der Waals surface area contributed by atoms with Gasteiger partial charge in [0.15, 0.2) is 5.78 Å². The van der Waals surface area contributed by atoms with Crippen LogP contribution < -0.4 is 5.32 Å². The number of aromatic nitrogens is 1. The van der Waals surface area contributed by atoms with Crippen LogP contribution in [0.15, 0.2) is 0 Å². The minimum Gasteiger partial charge on any atom is -0.379 e. The van der Waals surface area contributed by atoms with Crippen LogP contribution in [0.4, 0.5) is 0 Å². The number of H-pyrrole nitrogens is 1. The van der Waals surface area contributed by atoms with Crippen LogP contribution in [0.5, 0.6) is 0 Å². The van der Waals surface area contributed by atoms with Crippen molar-refractivity contribution in [3.63, 3.8) is 0 Å². The molecule has 1 unspecified atom stereocenters. The fourth-order valence-corrected chi connectivity index (χ4v) is 4.13. The molecule has 1 amide bonds. The summed E-state index contributed by atoms with van der Waals surface area (Å²) >= 11 is 0. The molecule has 2 rings (SSSR count). The molecule has 1 saturated heterocycles. The molecule has 1 atom stereocenters. The number of nitrogens with zero attached hydrogens (tertiary/aromatic N) is 1. The summed E-state index contributed by atoms with van der Waals surface area (Å²) in [5, 5.41) is 3.10.